The second kappa shape index (κ2) is 5.69. The van der Waals surface area contributed by atoms with Gasteiger partial charge in [-0.3, -0.25) is 0 Å². The van der Waals surface area contributed by atoms with Gasteiger partial charge in [-0.1, -0.05) is 49.4 Å². The van der Waals surface area contributed by atoms with Crippen LogP contribution in [-0.2, 0) is 6.42 Å². The van der Waals surface area contributed by atoms with Gasteiger partial charge in [0.1, 0.15) is 5.75 Å². The van der Waals surface area contributed by atoms with Gasteiger partial charge < -0.3 is 10.8 Å². The Balaban J connectivity index is 2.25. The fourth-order valence-electron chi connectivity index (χ4n) is 2.06. The first-order valence-corrected chi connectivity index (χ1v) is 6.32. The smallest absolute Gasteiger partial charge is 0.120 e. The van der Waals surface area contributed by atoms with Crippen molar-refractivity contribution in [2.75, 3.05) is 0 Å². The van der Waals surface area contributed by atoms with E-state index < -0.39 is 0 Å². The molecule has 2 aromatic rings. The van der Waals surface area contributed by atoms with E-state index in [0.717, 1.165) is 18.4 Å². The molecule has 2 nitrogen and oxygen atoms in total. The molecule has 0 fully saturated rings. The molecule has 0 spiro atoms. The first kappa shape index (κ1) is 12.7. The van der Waals surface area contributed by atoms with Gasteiger partial charge in [0.25, 0.3) is 0 Å². The Morgan fingerprint density at radius 1 is 1.06 bits per heavy atom. The average molecular weight is 241 g/mol. The van der Waals surface area contributed by atoms with Crippen molar-refractivity contribution >= 4 is 0 Å². The topological polar surface area (TPSA) is 46.2 Å². The summed E-state index contributed by atoms with van der Waals surface area (Å²) in [5.41, 5.74) is 9.28. The maximum atomic E-state index is 9.82. The molecule has 0 amide bonds. The number of aromatic hydroxyl groups is 1. The predicted molar refractivity (Wildman–Crippen MR) is 74.6 cm³/mol. The van der Waals surface area contributed by atoms with Gasteiger partial charge in [0.2, 0.25) is 0 Å². The van der Waals surface area contributed by atoms with Crippen LogP contribution in [0.1, 0.15) is 36.1 Å². The number of phenols is 1. The number of nitrogens with two attached hydrogens (primary N) is 1. The lowest BCUT2D eigenvalue weighted by atomic mass is 9.98. The highest BCUT2D eigenvalue weighted by Crippen LogP contribution is 2.26. The third kappa shape index (κ3) is 2.90. The van der Waals surface area contributed by atoms with Gasteiger partial charge in [-0.15, -0.1) is 0 Å². The molecule has 0 heterocycles. The van der Waals surface area contributed by atoms with Crippen molar-refractivity contribution in [2.45, 2.75) is 25.8 Å². The van der Waals surface area contributed by atoms with Crippen LogP contribution in [0.25, 0.3) is 0 Å². The van der Waals surface area contributed by atoms with E-state index >= 15 is 0 Å². The van der Waals surface area contributed by atoms with Gasteiger partial charge >= 0.3 is 0 Å². The van der Waals surface area contributed by atoms with Crippen molar-refractivity contribution < 1.29 is 5.11 Å². The highest BCUT2D eigenvalue weighted by Gasteiger charge is 2.09. The molecule has 18 heavy (non-hydrogen) atoms. The normalized spacial score (nSPS) is 12.3. The van der Waals surface area contributed by atoms with Crippen molar-refractivity contribution in [1.29, 1.82) is 0 Å². The highest BCUT2D eigenvalue weighted by molar-refractivity contribution is 5.40. The van der Waals surface area contributed by atoms with Crippen LogP contribution in [0.5, 0.6) is 5.75 Å². The minimum atomic E-state index is -0.0966. The van der Waals surface area contributed by atoms with Gasteiger partial charge in [0, 0.05) is 11.6 Å². The van der Waals surface area contributed by atoms with E-state index in [0.29, 0.717) is 5.75 Å². The Labute approximate surface area is 108 Å². The van der Waals surface area contributed by atoms with Crippen LogP contribution in [-0.4, -0.2) is 5.11 Å². The van der Waals surface area contributed by atoms with Crippen molar-refractivity contribution in [3.8, 4) is 5.75 Å². The van der Waals surface area contributed by atoms with Crippen LogP contribution in [0.3, 0.4) is 0 Å². The zero-order chi connectivity index (χ0) is 13.0. The summed E-state index contributed by atoms with van der Waals surface area (Å²) in [6.07, 6.45) is 1.69. The fourth-order valence-corrected chi connectivity index (χ4v) is 2.06. The van der Waals surface area contributed by atoms with E-state index in [1.54, 1.807) is 6.07 Å². The SMILES string of the molecule is CCC(N)c1cc(Cc2ccccc2)ccc1O. The zero-order valence-electron chi connectivity index (χ0n) is 10.6. The van der Waals surface area contributed by atoms with E-state index in [9.17, 15) is 5.11 Å². The van der Waals surface area contributed by atoms with Gasteiger partial charge in [-0.25, -0.2) is 0 Å². The Morgan fingerprint density at radius 2 is 1.78 bits per heavy atom. The Bertz CT molecular complexity index is 508. The summed E-state index contributed by atoms with van der Waals surface area (Å²) in [4.78, 5) is 0. The number of benzene rings is 2. The molecular weight excluding hydrogens is 222 g/mol. The van der Waals surface area contributed by atoms with Crippen LogP contribution < -0.4 is 5.73 Å². The summed E-state index contributed by atoms with van der Waals surface area (Å²) >= 11 is 0. The van der Waals surface area contributed by atoms with E-state index in [4.69, 9.17) is 5.73 Å². The molecule has 2 rings (SSSR count). The molecule has 3 N–H and O–H groups in total. The standard InChI is InChI=1S/C16H19NO/c1-2-15(17)14-11-13(8-9-16(14)18)10-12-6-4-3-5-7-12/h3-9,11,15,18H,2,10,17H2,1H3. The molecule has 0 aliphatic heterocycles. The summed E-state index contributed by atoms with van der Waals surface area (Å²) < 4.78 is 0. The van der Waals surface area contributed by atoms with Crippen molar-refractivity contribution in [2.24, 2.45) is 5.73 Å². The Hall–Kier alpha value is -1.80. The first-order valence-electron chi connectivity index (χ1n) is 6.32. The van der Waals surface area contributed by atoms with Gasteiger partial charge in [0.15, 0.2) is 0 Å². The van der Waals surface area contributed by atoms with Crippen molar-refractivity contribution in [3.63, 3.8) is 0 Å². The van der Waals surface area contributed by atoms with Crippen LogP contribution in [0.15, 0.2) is 48.5 Å². The summed E-state index contributed by atoms with van der Waals surface area (Å²) in [5, 5.41) is 9.82. The maximum absolute atomic E-state index is 9.82. The van der Waals surface area contributed by atoms with E-state index in [1.165, 1.54) is 11.1 Å². The third-order valence-electron chi connectivity index (χ3n) is 3.18. The Kier molecular flexibility index (Phi) is 4.00. The second-order valence-electron chi connectivity index (χ2n) is 4.57. The molecule has 2 heteroatoms. The summed E-state index contributed by atoms with van der Waals surface area (Å²) in [6.45, 7) is 2.02. The van der Waals surface area contributed by atoms with Gasteiger partial charge in [0.05, 0.1) is 0 Å². The number of hydrogen-bond acceptors (Lipinski definition) is 2. The molecule has 0 aliphatic rings. The van der Waals surface area contributed by atoms with Crippen molar-refractivity contribution in [1.82, 2.24) is 0 Å². The minimum absolute atomic E-state index is 0.0966. The summed E-state index contributed by atoms with van der Waals surface area (Å²) in [5.74, 6) is 0.293. The molecule has 1 unspecified atom stereocenters. The van der Waals surface area contributed by atoms with Crippen LogP contribution in [0, 0.1) is 0 Å². The monoisotopic (exact) mass is 241 g/mol. The lowest BCUT2D eigenvalue weighted by molar-refractivity contribution is 0.460. The molecule has 2 aromatic carbocycles. The molecule has 0 saturated carbocycles. The number of hydrogen-bond donors (Lipinski definition) is 2. The Morgan fingerprint density at radius 3 is 2.44 bits per heavy atom. The molecule has 0 radical (unpaired) electrons. The van der Waals surface area contributed by atoms with E-state index in [2.05, 4.69) is 12.1 Å². The summed E-state index contributed by atoms with van der Waals surface area (Å²) in [6, 6.07) is 15.9. The zero-order valence-corrected chi connectivity index (χ0v) is 10.6. The molecule has 0 aromatic heterocycles. The maximum Gasteiger partial charge on any atom is 0.120 e. The van der Waals surface area contributed by atoms with Crippen LogP contribution in [0.4, 0.5) is 0 Å². The predicted octanol–water partition coefficient (Wildman–Crippen LogP) is 3.39. The molecule has 1 atom stereocenters. The number of rotatable bonds is 4. The molecule has 0 saturated heterocycles. The lowest BCUT2D eigenvalue weighted by Crippen LogP contribution is -2.09. The minimum Gasteiger partial charge on any atom is -0.508 e. The average Bonchev–Trinajstić information content (AvgIpc) is 2.41. The fraction of sp³-hybridized carbons (Fsp3) is 0.250. The third-order valence-corrected chi connectivity index (χ3v) is 3.18. The molecular formula is C16H19NO. The number of phenolic OH excluding ortho intramolecular Hbond substituents is 1. The summed E-state index contributed by atoms with van der Waals surface area (Å²) in [7, 11) is 0. The largest absolute Gasteiger partial charge is 0.508 e. The lowest BCUT2D eigenvalue weighted by Gasteiger charge is -2.13. The first-order chi connectivity index (χ1) is 8.70. The van der Waals surface area contributed by atoms with Gasteiger partial charge in [-0.2, -0.15) is 0 Å². The molecule has 0 bridgehead atoms. The quantitative estimate of drug-likeness (QED) is 0.861. The van der Waals surface area contributed by atoms with Crippen molar-refractivity contribution in [3.05, 3.63) is 65.2 Å². The van der Waals surface area contributed by atoms with E-state index in [-0.39, 0.29) is 6.04 Å². The van der Waals surface area contributed by atoms with Crippen LogP contribution in [0.2, 0.25) is 0 Å². The van der Waals surface area contributed by atoms with E-state index in [1.807, 2.05) is 37.3 Å². The highest BCUT2D eigenvalue weighted by atomic mass is 16.3. The van der Waals surface area contributed by atoms with Gasteiger partial charge in [-0.05, 0) is 30.0 Å². The second-order valence-corrected chi connectivity index (χ2v) is 4.57. The molecule has 94 valence electrons. The van der Waals surface area contributed by atoms with Crippen LogP contribution >= 0.6 is 0 Å². The molecule has 0 aliphatic carbocycles.